The average Bonchev–Trinajstić information content (AvgIpc) is 3.28. The summed E-state index contributed by atoms with van der Waals surface area (Å²) in [6.45, 7) is 3.30. The highest BCUT2D eigenvalue weighted by molar-refractivity contribution is 7.20. The van der Waals surface area contributed by atoms with E-state index in [2.05, 4.69) is 5.48 Å². The van der Waals surface area contributed by atoms with E-state index in [-0.39, 0.29) is 0 Å². The first kappa shape index (κ1) is 20.3. The average molecular weight is 427 g/mol. The van der Waals surface area contributed by atoms with E-state index in [1.54, 1.807) is 44.2 Å². The molecule has 9 heteroatoms. The minimum absolute atomic E-state index is 0.356. The van der Waals surface area contributed by atoms with Crippen LogP contribution in [0.4, 0.5) is 0 Å². The molecule has 2 heterocycles. The number of amides is 1. The number of methoxy groups -OCH3 is 1. The molecule has 30 heavy (non-hydrogen) atoms. The molecular formula is C21H21N3O5S. The van der Waals surface area contributed by atoms with E-state index in [9.17, 15) is 9.59 Å². The fourth-order valence-electron chi connectivity index (χ4n) is 3.47. The maximum Gasteiger partial charge on any atom is 0.367 e. The number of benzene rings is 2. The van der Waals surface area contributed by atoms with Gasteiger partial charge in [-0.25, -0.2) is 4.79 Å². The van der Waals surface area contributed by atoms with Gasteiger partial charge in [0.05, 0.1) is 7.11 Å². The van der Waals surface area contributed by atoms with Gasteiger partial charge in [-0.15, -0.1) is 11.3 Å². The maximum absolute atomic E-state index is 13.0. The van der Waals surface area contributed by atoms with Gasteiger partial charge in [-0.3, -0.25) is 9.63 Å². The molecule has 0 spiro atoms. The number of carbonyl (C=O) groups excluding carboxylic acids is 2. The Bertz CT molecular complexity index is 1100. The van der Waals surface area contributed by atoms with Crippen molar-refractivity contribution in [3.05, 3.63) is 65.0 Å². The molecule has 1 aliphatic rings. The molecular weight excluding hydrogens is 406 g/mol. The van der Waals surface area contributed by atoms with E-state index >= 15 is 0 Å². The Morgan fingerprint density at radius 1 is 1.13 bits per heavy atom. The van der Waals surface area contributed by atoms with Crippen molar-refractivity contribution >= 4 is 33.3 Å². The van der Waals surface area contributed by atoms with Gasteiger partial charge >= 0.3 is 5.97 Å². The van der Waals surface area contributed by atoms with Crippen molar-refractivity contribution in [1.29, 1.82) is 0 Å². The summed E-state index contributed by atoms with van der Waals surface area (Å²) in [5.41, 5.74) is 5.85. The fourth-order valence-corrected chi connectivity index (χ4v) is 4.40. The highest BCUT2D eigenvalue weighted by Gasteiger charge is 2.61. The van der Waals surface area contributed by atoms with Crippen LogP contribution in [0.1, 0.15) is 29.1 Å². The zero-order chi connectivity index (χ0) is 21.5. The molecule has 0 radical (unpaired) electrons. The largest absolute Gasteiger partial charge is 0.496 e. The molecule has 2 aromatic carbocycles. The molecule has 0 aliphatic carbocycles. The molecule has 0 saturated carbocycles. The molecule has 1 amide bonds. The highest BCUT2D eigenvalue weighted by atomic mass is 32.1. The summed E-state index contributed by atoms with van der Waals surface area (Å²) in [6, 6.07) is 16.2. The predicted octanol–water partition coefficient (Wildman–Crippen LogP) is 2.89. The van der Waals surface area contributed by atoms with Crippen LogP contribution in [0.2, 0.25) is 0 Å². The Morgan fingerprint density at radius 3 is 2.53 bits per heavy atom. The number of para-hydroxylation sites is 1. The Hall–Kier alpha value is -2.98. The van der Waals surface area contributed by atoms with Gasteiger partial charge in [-0.2, -0.15) is 5.48 Å². The summed E-state index contributed by atoms with van der Waals surface area (Å²) < 4.78 is 6.36. The van der Waals surface area contributed by atoms with Gasteiger partial charge < -0.3 is 15.3 Å². The van der Waals surface area contributed by atoms with E-state index in [0.29, 0.717) is 16.2 Å². The third-order valence-corrected chi connectivity index (χ3v) is 5.99. The zero-order valence-corrected chi connectivity index (χ0v) is 17.5. The first-order chi connectivity index (χ1) is 14.3. The quantitative estimate of drug-likeness (QED) is 0.645. The molecule has 1 fully saturated rings. The van der Waals surface area contributed by atoms with Crippen LogP contribution in [0, 0.1) is 0 Å². The Kier molecular flexibility index (Phi) is 4.99. The first-order valence-corrected chi connectivity index (χ1v) is 10.0. The number of nitrogens with two attached hydrogens (primary N) is 1. The van der Waals surface area contributed by atoms with E-state index in [1.165, 1.54) is 18.4 Å². The van der Waals surface area contributed by atoms with Crippen molar-refractivity contribution < 1.29 is 24.0 Å². The minimum atomic E-state index is -1.79. The summed E-state index contributed by atoms with van der Waals surface area (Å²) in [5, 5.41) is 2.07. The number of hydrogen-bond donors (Lipinski definition) is 2. The number of rotatable bonds is 5. The SMILES string of the molecule is COc1ccccc1C1(C(N)=O)NOC(C)(C)N1OC(=O)c1cc2ccccc2s1. The van der Waals surface area contributed by atoms with Gasteiger partial charge in [0.1, 0.15) is 10.6 Å². The molecule has 1 saturated heterocycles. The van der Waals surface area contributed by atoms with Gasteiger partial charge in [-0.05, 0) is 37.4 Å². The summed E-state index contributed by atoms with van der Waals surface area (Å²) in [5.74, 6) is -1.06. The first-order valence-electron chi connectivity index (χ1n) is 9.19. The molecule has 0 bridgehead atoms. The lowest BCUT2D eigenvalue weighted by Gasteiger charge is -2.36. The summed E-state index contributed by atoms with van der Waals surface area (Å²) in [7, 11) is 1.47. The number of primary amides is 1. The third kappa shape index (κ3) is 3.12. The van der Waals surface area contributed by atoms with Gasteiger partial charge in [0, 0.05) is 10.3 Å². The normalized spacial score (nSPS) is 20.9. The van der Waals surface area contributed by atoms with Crippen molar-refractivity contribution in [2.75, 3.05) is 7.11 Å². The number of hydrogen-bond acceptors (Lipinski definition) is 8. The molecule has 1 unspecified atom stereocenters. The van der Waals surface area contributed by atoms with Crippen LogP contribution < -0.4 is 16.0 Å². The predicted molar refractivity (Wildman–Crippen MR) is 111 cm³/mol. The van der Waals surface area contributed by atoms with Gasteiger partial charge in [0.2, 0.25) is 5.66 Å². The summed E-state index contributed by atoms with van der Waals surface area (Å²) in [4.78, 5) is 37.5. The fraction of sp³-hybridized carbons (Fsp3) is 0.238. The molecule has 156 valence electrons. The number of carbonyl (C=O) groups is 2. The Balaban J connectivity index is 1.78. The van der Waals surface area contributed by atoms with E-state index in [4.69, 9.17) is 20.1 Å². The van der Waals surface area contributed by atoms with Crippen LogP contribution in [0.5, 0.6) is 5.75 Å². The number of nitrogens with zero attached hydrogens (tertiary/aromatic N) is 1. The van der Waals surface area contributed by atoms with Crippen molar-refractivity contribution in [3.8, 4) is 5.75 Å². The second-order valence-corrected chi connectivity index (χ2v) is 8.33. The molecule has 3 aromatic rings. The minimum Gasteiger partial charge on any atom is -0.496 e. The number of fused-ring (bicyclic) bond motifs is 1. The zero-order valence-electron chi connectivity index (χ0n) is 16.7. The topological polar surface area (TPSA) is 103 Å². The number of ether oxygens (including phenoxy) is 1. The second kappa shape index (κ2) is 7.37. The van der Waals surface area contributed by atoms with Crippen molar-refractivity contribution in [2.45, 2.75) is 25.2 Å². The standard InChI is InChI=1S/C21H21N3O5S/c1-20(2)24(28-18(25)17-12-13-8-4-7-11-16(13)30-17)21(19(22)26,23-29-20)14-9-5-6-10-15(14)27-3/h4-12,23H,1-3H3,(H2,22,26). The lowest BCUT2D eigenvalue weighted by atomic mass is 9.96. The smallest absolute Gasteiger partial charge is 0.367 e. The molecule has 1 atom stereocenters. The number of nitrogens with one attached hydrogen (secondary N) is 1. The van der Waals surface area contributed by atoms with Crippen LogP contribution >= 0.6 is 11.3 Å². The van der Waals surface area contributed by atoms with Gasteiger partial charge in [0.25, 0.3) is 5.91 Å². The molecule has 4 rings (SSSR count). The van der Waals surface area contributed by atoms with E-state index in [1.807, 2.05) is 24.3 Å². The Labute approximate surface area is 177 Å². The van der Waals surface area contributed by atoms with Crippen LogP contribution in [-0.4, -0.2) is 29.8 Å². The van der Waals surface area contributed by atoms with Crippen LogP contribution in [0.15, 0.2) is 54.6 Å². The van der Waals surface area contributed by atoms with Gasteiger partial charge in [0.15, 0.2) is 5.72 Å². The van der Waals surface area contributed by atoms with Crippen LogP contribution in [-0.2, 0) is 20.1 Å². The van der Waals surface area contributed by atoms with Crippen molar-refractivity contribution in [1.82, 2.24) is 10.5 Å². The number of hydroxylamine groups is 3. The maximum atomic E-state index is 13.0. The molecule has 3 N–H and O–H groups in total. The lowest BCUT2D eigenvalue weighted by Crippen LogP contribution is -2.60. The van der Waals surface area contributed by atoms with Crippen LogP contribution in [0.3, 0.4) is 0 Å². The van der Waals surface area contributed by atoms with Gasteiger partial charge in [-0.1, -0.05) is 41.5 Å². The molecule has 1 aliphatic heterocycles. The van der Waals surface area contributed by atoms with Crippen molar-refractivity contribution in [3.63, 3.8) is 0 Å². The lowest BCUT2D eigenvalue weighted by molar-refractivity contribution is -0.238. The number of thiophene rings is 1. The molecule has 8 nitrogen and oxygen atoms in total. The van der Waals surface area contributed by atoms with Crippen molar-refractivity contribution in [2.24, 2.45) is 5.73 Å². The summed E-state index contributed by atoms with van der Waals surface area (Å²) in [6.07, 6.45) is 0. The summed E-state index contributed by atoms with van der Waals surface area (Å²) >= 11 is 1.30. The second-order valence-electron chi connectivity index (χ2n) is 7.25. The van der Waals surface area contributed by atoms with E-state index < -0.39 is 23.3 Å². The van der Waals surface area contributed by atoms with E-state index in [0.717, 1.165) is 15.1 Å². The monoisotopic (exact) mass is 427 g/mol. The third-order valence-electron chi connectivity index (χ3n) is 4.90. The Morgan fingerprint density at radius 2 is 1.83 bits per heavy atom. The molecule has 1 aromatic heterocycles. The highest BCUT2D eigenvalue weighted by Crippen LogP contribution is 2.42. The van der Waals surface area contributed by atoms with Crippen LogP contribution in [0.25, 0.3) is 10.1 Å².